The zero-order chi connectivity index (χ0) is 15.4. The second-order valence-electron chi connectivity index (χ2n) is 5.08. The van der Waals surface area contributed by atoms with Crippen molar-refractivity contribution in [1.29, 1.82) is 0 Å². The highest BCUT2D eigenvalue weighted by Gasteiger charge is 2.25. The molecule has 1 aliphatic heterocycles. The smallest absolute Gasteiger partial charge is 0.194 e. The van der Waals surface area contributed by atoms with Gasteiger partial charge >= 0.3 is 0 Å². The largest absolute Gasteiger partial charge is 0.370 e. The van der Waals surface area contributed by atoms with Crippen LogP contribution < -0.4 is 5.32 Å². The minimum absolute atomic E-state index is 0.0286. The molecule has 2 aromatic rings. The summed E-state index contributed by atoms with van der Waals surface area (Å²) < 4.78 is 7.66. The summed E-state index contributed by atoms with van der Waals surface area (Å²) in [4.78, 5) is 10.9. The van der Waals surface area contributed by atoms with Gasteiger partial charge in [-0.05, 0) is 0 Å². The van der Waals surface area contributed by atoms with Crippen LogP contribution in [0.1, 0.15) is 16.7 Å². The van der Waals surface area contributed by atoms with Gasteiger partial charge in [-0.1, -0.05) is 0 Å². The summed E-state index contributed by atoms with van der Waals surface area (Å²) in [5.41, 5.74) is 1.10. The van der Waals surface area contributed by atoms with Gasteiger partial charge in [-0.25, -0.2) is 4.98 Å². The van der Waals surface area contributed by atoms with Crippen molar-refractivity contribution >= 4 is 17.3 Å². The lowest BCUT2D eigenvalue weighted by Gasteiger charge is -2.34. The third-order valence-electron chi connectivity index (χ3n) is 3.56. The first-order valence-corrected chi connectivity index (χ1v) is 8.08. The van der Waals surface area contributed by atoms with Gasteiger partial charge in [0.05, 0.1) is 25.9 Å². The lowest BCUT2D eigenvalue weighted by molar-refractivity contribution is -0.00805. The standard InChI is InChI=1S/C14H20N6OS/c1-15-14(17-8-13-16-3-6-22-13)20-4-5-21-12(10-20)11-7-18-19(2)9-11/h3,6-7,9,12H,4-5,8,10H2,1-2H3,(H,15,17). The molecule has 118 valence electrons. The van der Waals surface area contributed by atoms with E-state index >= 15 is 0 Å². The minimum Gasteiger partial charge on any atom is -0.370 e. The zero-order valence-corrected chi connectivity index (χ0v) is 13.6. The van der Waals surface area contributed by atoms with Crippen LogP contribution in [0.4, 0.5) is 0 Å². The number of rotatable bonds is 3. The van der Waals surface area contributed by atoms with E-state index in [1.807, 2.05) is 31.0 Å². The highest BCUT2D eigenvalue weighted by Crippen LogP contribution is 2.21. The summed E-state index contributed by atoms with van der Waals surface area (Å²) in [6.07, 6.45) is 5.71. The van der Waals surface area contributed by atoms with Gasteiger partial charge in [-0.15, -0.1) is 11.3 Å². The van der Waals surface area contributed by atoms with Gasteiger partial charge in [0.1, 0.15) is 11.1 Å². The molecule has 0 amide bonds. The Bertz CT molecular complexity index is 623. The second kappa shape index (κ2) is 6.89. The third-order valence-corrected chi connectivity index (χ3v) is 4.34. The van der Waals surface area contributed by atoms with Crippen molar-refractivity contribution in [2.45, 2.75) is 12.6 Å². The summed E-state index contributed by atoms with van der Waals surface area (Å²) in [6, 6.07) is 0. The van der Waals surface area contributed by atoms with Crippen molar-refractivity contribution in [1.82, 2.24) is 25.0 Å². The molecule has 2 aromatic heterocycles. The molecule has 0 aliphatic carbocycles. The van der Waals surface area contributed by atoms with Crippen LogP contribution in [-0.4, -0.2) is 52.4 Å². The molecule has 0 spiro atoms. The topological polar surface area (TPSA) is 67.6 Å². The van der Waals surface area contributed by atoms with Gasteiger partial charge in [0.15, 0.2) is 5.96 Å². The van der Waals surface area contributed by atoms with Crippen molar-refractivity contribution in [3.05, 3.63) is 34.5 Å². The van der Waals surface area contributed by atoms with Gasteiger partial charge < -0.3 is 15.0 Å². The van der Waals surface area contributed by atoms with E-state index in [-0.39, 0.29) is 6.10 Å². The number of aromatic nitrogens is 3. The summed E-state index contributed by atoms with van der Waals surface area (Å²) in [5, 5.41) is 10.6. The van der Waals surface area contributed by atoms with E-state index in [9.17, 15) is 0 Å². The number of nitrogens with one attached hydrogen (secondary N) is 1. The maximum atomic E-state index is 5.86. The van der Waals surface area contributed by atoms with E-state index in [1.54, 1.807) is 23.1 Å². The number of thiazole rings is 1. The lowest BCUT2D eigenvalue weighted by Crippen LogP contribution is -2.47. The Balaban J connectivity index is 1.62. The number of ether oxygens (including phenoxy) is 1. The molecule has 3 heterocycles. The summed E-state index contributed by atoms with van der Waals surface area (Å²) in [7, 11) is 3.72. The molecule has 0 saturated carbocycles. The van der Waals surface area contributed by atoms with Crippen molar-refractivity contribution in [2.24, 2.45) is 12.0 Å². The van der Waals surface area contributed by atoms with Crippen LogP contribution in [0.25, 0.3) is 0 Å². The number of hydrogen-bond donors (Lipinski definition) is 1. The first kappa shape index (κ1) is 15.0. The molecule has 1 N–H and O–H groups in total. The SMILES string of the molecule is CN=C(NCc1nccs1)N1CCOC(c2cnn(C)c2)C1. The van der Waals surface area contributed by atoms with E-state index in [0.29, 0.717) is 13.2 Å². The van der Waals surface area contributed by atoms with E-state index in [1.165, 1.54) is 0 Å². The first-order valence-electron chi connectivity index (χ1n) is 7.20. The van der Waals surface area contributed by atoms with Crippen LogP contribution >= 0.6 is 11.3 Å². The lowest BCUT2D eigenvalue weighted by atomic mass is 10.1. The molecule has 7 nitrogen and oxygen atoms in total. The van der Waals surface area contributed by atoms with E-state index in [0.717, 1.165) is 29.6 Å². The molecule has 0 aromatic carbocycles. The molecule has 8 heteroatoms. The zero-order valence-electron chi connectivity index (χ0n) is 12.8. The normalized spacial score (nSPS) is 19.5. The van der Waals surface area contributed by atoms with E-state index in [4.69, 9.17) is 4.74 Å². The Morgan fingerprint density at radius 3 is 3.18 bits per heavy atom. The van der Waals surface area contributed by atoms with Crippen molar-refractivity contribution < 1.29 is 4.74 Å². The first-order chi connectivity index (χ1) is 10.8. The monoisotopic (exact) mass is 320 g/mol. The van der Waals surface area contributed by atoms with Crippen molar-refractivity contribution in [3.63, 3.8) is 0 Å². The van der Waals surface area contributed by atoms with Gasteiger partial charge in [-0.3, -0.25) is 9.67 Å². The van der Waals surface area contributed by atoms with Crippen LogP contribution in [0.2, 0.25) is 0 Å². The van der Waals surface area contributed by atoms with E-state index in [2.05, 4.69) is 25.3 Å². The summed E-state index contributed by atoms with van der Waals surface area (Å²) in [5.74, 6) is 0.882. The van der Waals surface area contributed by atoms with Crippen molar-refractivity contribution in [3.8, 4) is 0 Å². The Hall–Kier alpha value is -1.93. The maximum absolute atomic E-state index is 5.86. The molecule has 0 radical (unpaired) electrons. The number of guanidine groups is 1. The van der Waals surface area contributed by atoms with Crippen LogP contribution in [0.5, 0.6) is 0 Å². The molecular formula is C14H20N6OS. The minimum atomic E-state index is 0.0286. The molecule has 22 heavy (non-hydrogen) atoms. The number of aliphatic imine (C=N–C) groups is 1. The van der Waals surface area contributed by atoms with Crippen LogP contribution in [0.15, 0.2) is 29.0 Å². The fourth-order valence-electron chi connectivity index (χ4n) is 2.48. The average molecular weight is 320 g/mol. The summed E-state index contributed by atoms with van der Waals surface area (Å²) in [6.45, 7) is 2.97. The van der Waals surface area contributed by atoms with Gasteiger partial charge in [-0.2, -0.15) is 5.10 Å². The number of aryl methyl sites for hydroxylation is 1. The Kier molecular flexibility index (Phi) is 4.69. The van der Waals surface area contributed by atoms with E-state index < -0.39 is 0 Å². The highest BCUT2D eigenvalue weighted by molar-refractivity contribution is 7.09. The Labute approximate surface area is 133 Å². The van der Waals surface area contributed by atoms with Gasteiger partial charge in [0, 0.05) is 44.0 Å². The quantitative estimate of drug-likeness (QED) is 0.676. The van der Waals surface area contributed by atoms with Crippen molar-refractivity contribution in [2.75, 3.05) is 26.7 Å². The van der Waals surface area contributed by atoms with Crippen LogP contribution in [-0.2, 0) is 18.3 Å². The molecule has 1 atom stereocenters. The van der Waals surface area contributed by atoms with Crippen LogP contribution in [0.3, 0.4) is 0 Å². The van der Waals surface area contributed by atoms with Crippen LogP contribution in [0, 0.1) is 0 Å². The molecule has 1 unspecified atom stereocenters. The predicted molar refractivity (Wildman–Crippen MR) is 85.8 cm³/mol. The molecular weight excluding hydrogens is 300 g/mol. The third kappa shape index (κ3) is 3.45. The maximum Gasteiger partial charge on any atom is 0.194 e. The Morgan fingerprint density at radius 1 is 1.59 bits per heavy atom. The fourth-order valence-corrected chi connectivity index (χ4v) is 3.03. The van der Waals surface area contributed by atoms with Gasteiger partial charge in [0.2, 0.25) is 0 Å². The fraction of sp³-hybridized carbons (Fsp3) is 0.500. The number of morpholine rings is 1. The number of nitrogens with zero attached hydrogens (tertiary/aromatic N) is 5. The second-order valence-corrected chi connectivity index (χ2v) is 6.06. The number of hydrogen-bond acceptors (Lipinski definition) is 5. The average Bonchev–Trinajstić information content (AvgIpc) is 3.20. The molecule has 1 aliphatic rings. The molecule has 0 bridgehead atoms. The van der Waals surface area contributed by atoms with Gasteiger partial charge in [0.25, 0.3) is 0 Å². The predicted octanol–water partition coefficient (Wildman–Crippen LogP) is 1.03. The molecule has 1 fully saturated rings. The molecule has 3 rings (SSSR count). The summed E-state index contributed by atoms with van der Waals surface area (Å²) >= 11 is 1.64. The highest BCUT2D eigenvalue weighted by atomic mass is 32.1. The Morgan fingerprint density at radius 2 is 2.50 bits per heavy atom. The molecule has 1 saturated heterocycles.